The van der Waals surface area contributed by atoms with Crippen LogP contribution in [0.5, 0.6) is 0 Å². The smallest absolute Gasteiger partial charge is 0.236 e. The van der Waals surface area contributed by atoms with E-state index in [4.69, 9.17) is 0 Å². The molecule has 1 rings (SSSR count). The van der Waals surface area contributed by atoms with Crippen molar-refractivity contribution in [1.82, 2.24) is 10.6 Å². The Hall–Kier alpha value is -0.570. The first-order chi connectivity index (χ1) is 6.57. The maximum atomic E-state index is 11.5. The second kappa shape index (κ2) is 4.78. The topological polar surface area (TPSA) is 41.1 Å². The number of nitrogens with one attached hydrogen (secondary N) is 2. The molecule has 1 saturated carbocycles. The largest absolute Gasteiger partial charge is 0.355 e. The van der Waals surface area contributed by atoms with Crippen molar-refractivity contribution in [2.75, 3.05) is 13.1 Å². The lowest BCUT2D eigenvalue weighted by Crippen LogP contribution is -2.44. The summed E-state index contributed by atoms with van der Waals surface area (Å²) < 4.78 is 0. The van der Waals surface area contributed by atoms with Crippen LogP contribution in [0, 0.1) is 5.41 Å². The van der Waals surface area contributed by atoms with Crippen LogP contribution in [0.3, 0.4) is 0 Å². The average molecular weight is 198 g/mol. The predicted octanol–water partition coefficient (Wildman–Crippen LogP) is 1.29. The summed E-state index contributed by atoms with van der Waals surface area (Å²) in [5.74, 6) is 0.121. The molecule has 0 radical (unpaired) electrons. The number of amides is 1. The Balaban J connectivity index is 2.13. The first kappa shape index (κ1) is 11.5. The molecule has 3 nitrogen and oxygen atoms in total. The molecule has 0 heterocycles. The molecule has 0 aromatic rings. The Morgan fingerprint density at radius 2 is 2.14 bits per heavy atom. The fourth-order valence-corrected chi connectivity index (χ4v) is 1.28. The van der Waals surface area contributed by atoms with E-state index in [9.17, 15) is 4.79 Å². The molecule has 0 aliphatic heterocycles. The fourth-order valence-electron chi connectivity index (χ4n) is 1.28. The summed E-state index contributed by atoms with van der Waals surface area (Å²) in [5.41, 5.74) is 0.472. The van der Waals surface area contributed by atoms with Crippen LogP contribution in [-0.4, -0.2) is 25.0 Å². The molecule has 14 heavy (non-hydrogen) atoms. The van der Waals surface area contributed by atoms with E-state index in [1.165, 1.54) is 12.8 Å². The molecular weight excluding hydrogens is 176 g/mol. The molecule has 0 aromatic heterocycles. The van der Waals surface area contributed by atoms with E-state index in [-0.39, 0.29) is 11.9 Å². The van der Waals surface area contributed by atoms with Crippen molar-refractivity contribution < 1.29 is 4.79 Å². The lowest BCUT2D eigenvalue weighted by atomic mass is 10.1. The second-order valence-electron chi connectivity index (χ2n) is 4.70. The molecule has 0 saturated heterocycles. The average Bonchev–Trinajstić information content (AvgIpc) is 2.90. The minimum Gasteiger partial charge on any atom is -0.355 e. The van der Waals surface area contributed by atoms with E-state index in [0.29, 0.717) is 5.41 Å². The van der Waals surface area contributed by atoms with Crippen LogP contribution < -0.4 is 10.6 Å². The third kappa shape index (κ3) is 3.66. The Labute approximate surface area is 86.6 Å². The Morgan fingerprint density at radius 1 is 1.50 bits per heavy atom. The summed E-state index contributed by atoms with van der Waals surface area (Å²) in [6, 6.07) is -0.0565. The van der Waals surface area contributed by atoms with Crippen LogP contribution in [0.15, 0.2) is 0 Å². The third-order valence-corrected chi connectivity index (χ3v) is 2.88. The number of hydrogen-bond acceptors (Lipinski definition) is 2. The number of carbonyl (C=O) groups is 1. The standard InChI is InChI=1S/C11H22N2O/c1-4-7-12-10(14)9(2)13-8-11(3)5-6-11/h9,13H,4-8H2,1-3H3,(H,12,14). The Morgan fingerprint density at radius 3 is 2.64 bits per heavy atom. The van der Waals surface area contributed by atoms with Crippen LogP contribution in [0.1, 0.15) is 40.0 Å². The minimum absolute atomic E-state index is 0.0565. The first-order valence-electron chi connectivity index (χ1n) is 5.58. The molecule has 1 aliphatic rings. The van der Waals surface area contributed by atoms with E-state index in [2.05, 4.69) is 24.5 Å². The van der Waals surface area contributed by atoms with Gasteiger partial charge >= 0.3 is 0 Å². The van der Waals surface area contributed by atoms with Gasteiger partial charge in [0.15, 0.2) is 0 Å². The monoisotopic (exact) mass is 198 g/mol. The van der Waals surface area contributed by atoms with Gasteiger partial charge in [-0.15, -0.1) is 0 Å². The number of rotatable bonds is 6. The van der Waals surface area contributed by atoms with E-state index in [1.807, 2.05) is 6.92 Å². The van der Waals surface area contributed by atoms with Crippen molar-refractivity contribution in [1.29, 1.82) is 0 Å². The molecule has 1 fully saturated rings. The molecule has 1 atom stereocenters. The fraction of sp³-hybridized carbons (Fsp3) is 0.909. The zero-order chi connectivity index (χ0) is 10.6. The van der Waals surface area contributed by atoms with Gasteiger partial charge in [0.05, 0.1) is 6.04 Å². The van der Waals surface area contributed by atoms with Crippen molar-refractivity contribution in [3.8, 4) is 0 Å². The third-order valence-electron chi connectivity index (χ3n) is 2.88. The van der Waals surface area contributed by atoms with Gasteiger partial charge in [0.2, 0.25) is 5.91 Å². The maximum absolute atomic E-state index is 11.5. The van der Waals surface area contributed by atoms with Crippen LogP contribution in [0.4, 0.5) is 0 Å². The number of hydrogen-bond donors (Lipinski definition) is 2. The summed E-state index contributed by atoms with van der Waals surface area (Å²) in [6.45, 7) is 7.99. The molecule has 82 valence electrons. The van der Waals surface area contributed by atoms with Crippen molar-refractivity contribution >= 4 is 5.91 Å². The van der Waals surface area contributed by atoms with Crippen molar-refractivity contribution in [3.05, 3.63) is 0 Å². The Bertz CT molecular complexity index is 199. The molecule has 3 heteroatoms. The van der Waals surface area contributed by atoms with Crippen LogP contribution >= 0.6 is 0 Å². The van der Waals surface area contributed by atoms with Gasteiger partial charge in [0, 0.05) is 13.1 Å². The summed E-state index contributed by atoms with van der Waals surface area (Å²) in [4.78, 5) is 11.5. The zero-order valence-electron chi connectivity index (χ0n) is 9.52. The summed E-state index contributed by atoms with van der Waals surface area (Å²) in [7, 11) is 0. The highest BCUT2D eigenvalue weighted by atomic mass is 16.2. The SMILES string of the molecule is CCCNC(=O)C(C)NCC1(C)CC1. The highest BCUT2D eigenvalue weighted by Crippen LogP contribution is 2.44. The van der Waals surface area contributed by atoms with Gasteiger partial charge in [-0.1, -0.05) is 13.8 Å². The lowest BCUT2D eigenvalue weighted by Gasteiger charge is -2.16. The maximum Gasteiger partial charge on any atom is 0.236 e. The van der Waals surface area contributed by atoms with Crippen LogP contribution in [0.2, 0.25) is 0 Å². The summed E-state index contributed by atoms with van der Waals surface area (Å²) in [6.07, 6.45) is 3.59. The molecule has 1 amide bonds. The van der Waals surface area contributed by atoms with E-state index in [0.717, 1.165) is 19.5 Å². The van der Waals surface area contributed by atoms with E-state index >= 15 is 0 Å². The number of carbonyl (C=O) groups excluding carboxylic acids is 1. The predicted molar refractivity (Wildman–Crippen MR) is 58.1 cm³/mol. The van der Waals surface area contributed by atoms with E-state index in [1.54, 1.807) is 0 Å². The summed E-state index contributed by atoms with van der Waals surface area (Å²) >= 11 is 0. The van der Waals surface area contributed by atoms with Gasteiger partial charge < -0.3 is 10.6 Å². The quantitative estimate of drug-likeness (QED) is 0.675. The van der Waals surface area contributed by atoms with Gasteiger partial charge in [-0.2, -0.15) is 0 Å². The van der Waals surface area contributed by atoms with E-state index < -0.39 is 0 Å². The van der Waals surface area contributed by atoms with Gasteiger partial charge in [-0.3, -0.25) is 4.79 Å². The normalized spacial score (nSPS) is 20.2. The molecule has 0 spiro atoms. The second-order valence-corrected chi connectivity index (χ2v) is 4.70. The van der Waals surface area contributed by atoms with Crippen molar-refractivity contribution in [2.45, 2.75) is 46.1 Å². The van der Waals surface area contributed by atoms with Crippen molar-refractivity contribution in [2.24, 2.45) is 5.41 Å². The molecule has 1 unspecified atom stereocenters. The molecule has 1 aliphatic carbocycles. The minimum atomic E-state index is -0.0565. The van der Waals surface area contributed by atoms with Gasteiger partial charge in [-0.25, -0.2) is 0 Å². The zero-order valence-corrected chi connectivity index (χ0v) is 9.52. The molecular formula is C11H22N2O. The van der Waals surface area contributed by atoms with Crippen LogP contribution in [0.25, 0.3) is 0 Å². The molecule has 0 aromatic carbocycles. The molecule has 2 N–H and O–H groups in total. The van der Waals surface area contributed by atoms with Crippen molar-refractivity contribution in [3.63, 3.8) is 0 Å². The summed E-state index contributed by atoms with van der Waals surface area (Å²) in [5, 5.41) is 6.17. The van der Waals surface area contributed by atoms with Gasteiger partial charge in [0.1, 0.15) is 0 Å². The molecule has 0 bridgehead atoms. The Kier molecular flexibility index (Phi) is 3.93. The van der Waals surface area contributed by atoms with Gasteiger partial charge in [-0.05, 0) is 31.6 Å². The highest BCUT2D eigenvalue weighted by molar-refractivity contribution is 5.81. The van der Waals surface area contributed by atoms with Gasteiger partial charge in [0.25, 0.3) is 0 Å². The van der Waals surface area contributed by atoms with Crippen LogP contribution in [-0.2, 0) is 4.79 Å². The first-order valence-corrected chi connectivity index (χ1v) is 5.58. The lowest BCUT2D eigenvalue weighted by molar-refractivity contribution is -0.122. The highest BCUT2D eigenvalue weighted by Gasteiger charge is 2.37.